The minimum absolute atomic E-state index is 0.0163. The molecule has 0 radical (unpaired) electrons. The topological polar surface area (TPSA) is 46.6 Å². The summed E-state index contributed by atoms with van der Waals surface area (Å²) in [6.45, 7) is 3.05. The molecule has 2 rings (SSSR count). The van der Waals surface area contributed by atoms with Crippen LogP contribution in [0, 0.1) is 12.8 Å². The first kappa shape index (κ1) is 15.0. The number of ether oxygens (including phenoxy) is 1. The van der Waals surface area contributed by atoms with Gasteiger partial charge in [0, 0.05) is 23.1 Å². The van der Waals surface area contributed by atoms with E-state index in [2.05, 4.69) is 15.9 Å². The summed E-state index contributed by atoms with van der Waals surface area (Å²) in [5, 5.41) is 0. The van der Waals surface area contributed by atoms with Gasteiger partial charge in [0.2, 0.25) is 0 Å². The number of esters is 1. The second-order valence-corrected chi connectivity index (χ2v) is 5.88. The van der Waals surface area contributed by atoms with Gasteiger partial charge in [0.1, 0.15) is 0 Å². The smallest absolute Gasteiger partial charge is 0.310 e. The Morgan fingerprint density at radius 1 is 1.40 bits per heavy atom. The first-order valence-electron chi connectivity index (χ1n) is 6.66. The number of methoxy groups -OCH3 is 1. The van der Waals surface area contributed by atoms with Gasteiger partial charge in [-0.1, -0.05) is 22.0 Å². The normalized spacial score (nSPS) is 18.8. The van der Waals surface area contributed by atoms with Crippen LogP contribution in [0.15, 0.2) is 22.7 Å². The number of halogens is 1. The Morgan fingerprint density at radius 2 is 2.15 bits per heavy atom. The van der Waals surface area contributed by atoms with E-state index in [-0.39, 0.29) is 17.8 Å². The zero-order valence-electron chi connectivity index (χ0n) is 11.7. The Balaban J connectivity index is 2.16. The van der Waals surface area contributed by atoms with Crippen molar-refractivity contribution in [3.63, 3.8) is 0 Å². The molecule has 1 aliphatic heterocycles. The quantitative estimate of drug-likeness (QED) is 0.778. The third-order valence-corrected chi connectivity index (χ3v) is 4.60. The van der Waals surface area contributed by atoms with Crippen molar-refractivity contribution < 1.29 is 14.3 Å². The number of hydrogen-bond donors (Lipinski definition) is 0. The van der Waals surface area contributed by atoms with Crippen molar-refractivity contribution >= 4 is 27.8 Å². The molecule has 0 unspecified atom stereocenters. The molecule has 20 heavy (non-hydrogen) atoms. The monoisotopic (exact) mass is 339 g/mol. The Kier molecular flexibility index (Phi) is 4.81. The number of carbonyl (C=O) groups is 2. The zero-order chi connectivity index (χ0) is 14.7. The van der Waals surface area contributed by atoms with E-state index in [4.69, 9.17) is 4.74 Å². The van der Waals surface area contributed by atoms with Crippen molar-refractivity contribution in [2.24, 2.45) is 5.92 Å². The molecule has 1 aromatic carbocycles. The van der Waals surface area contributed by atoms with E-state index in [1.807, 2.05) is 25.1 Å². The van der Waals surface area contributed by atoms with Crippen LogP contribution >= 0.6 is 15.9 Å². The van der Waals surface area contributed by atoms with E-state index in [1.54, 1.807) is 4.90 Å². The highest BCUT2D eigenvalue weighted by molar-refractivity contribution is 9.10. The number of nitrogens with zero attached hydrogens (tertiary/aromatic N) is 1. The predicted octanol–water partition coefficient (Wildman–Crippen LogP) is 2.78. The van der Waals surface area contributed by atoms with Crippen LogP contribution in [0.3, 0.4) is 0 Å². The Hall–Kier alpha value is -1.36. The van der Waals surface area contributed by atoms with E-state index < -0.39 is 0 Å². The number of likely N-dealkylation sites (tertiary alicyclic amines) is 1. The fraction of sp³-hybridized carbons (Fsp3) is 0.467. The molecule has 0 saturated carbocycles. The van der Waals surface area contributed by atoms with Crippen LogP contribution < -0.4 is 0 Å². The van der Waals surface area contributed by atoms with Crippen molar-refractivity contribution in [2.75, 3.05) is 20.2 Å². The van der Waals surface area contributed by atoms with Crippen LogP contribution in [-0.2, 0) is 9.53 Å². The maximum Gasteiger partial charge on any atom is 0.310 e. The molecule has 5 heteroatoms. The molecule has 1 aromatic rings. The van der Waals surface area contributed by atoms with Gasteiger partial charge in [-0.05, 0) is 37.5 Å². The molecule has 1 fully saturated rings. The summed E-state index contributed by atoms with van der Waals surface area (Å²) >= 11 is 3.44. The molecule has 4 nitrogen and oxygen atoms in total. The van der Waals surface area contributed by atoms with Gasteiger partial charge in [0.15, 0.2) is 0 Å². The van der Waals surface area contributed by atoms with Gasteiger partial charge in [0.25, 0.3) is 5.91 Å². The van der Waals surface area contributed by atoms with Crippen LogP contribution in [0.5, 0.6) is 0 Å². The zero-order valence-corrected chi connectivity index (χ0v) is 13.3. The summed E-state index contributed by atoms with van der Waals surface area (Å²) in [5.74, 6) is -0.448. The van der Waals surface area contributed by atoms with Gasteiger partial charge in [-0.2, -0.15) is 0 Å². The number of benzene rings is 1. The lowest BCUT2D eigenvalue weighted by Crippen LogP contribution is -2.42. The molecule has 1 atom stereocenters. The maximum absolute atomic E-state index is 12.6. The van der Waals surface area contributed by atoms with Crippen LogP contribution in [0.4, 0.5) is 0 Å². The molecule has 0 aliphatic carbocycles. The molecule has 0 aromatic heterocycles. The minimum atomic E-state index is -0.228. The lowest BCUT2D eigenvalue weighted by atomic mass is 9.97. The van der Waals surface area contributed by atoms with Gasteiger partial charge in [-0.3, -0.25) is 9.59 Å². The fourth-order valence-corrected chi connectivity index (χ4v) is 2.90. The number of amides is 1. The molecular formula is C15H18BrNO3. The number of carbonyl (C=O) groups excluding carboxylic acids is 2. The average Bonchev–Trinajstić information content (AvgIpc) is 2.48. The van der Waals surface area contributed by atoms with Gasteiger partial charge < -0.3 is 9.64 Å². The summed E-state index contributed by atoms with van der Waals surface area (Å²) in [6, 6.07) is 5.59. The summed E-state index contributed by atoms with van der Waals surface area (Å²) in [5.41, 5.74) is 1.61. The summed E-state index contributed by atoms with van der Waals surface area (Å²) in [6.07, 6.45) is 1.62. The Labute approximate surface area is 127 Å². The largest absolute Gasteiger partial charge is 0.469 e. The molecule has 1 amide bonds. The molecule has 1 heterocycles. The summed E-state index contributed by atoms with van der Waals surface area (Å²) < 4.78 is 5.70. The second kappa shape index (κ2) is 6.39. The highest BCUT2D eigenvalue weighted by Crippen LogP contribution is 2.24. The fourth-order valence-electron chi connectivity index (χ4n) is 2.53. The van der Waals surface area contributed by atoms with Crippen LogP contribution in [0.1, 0.15) is 28.8 Å². The molecule has 1 saturated heterocycles. The second-order valence-electron chi connectivity index (χ2n) is 5.03. The third-order valence-electron chi connectivity index (χ3n) is 3.74. The number of piperidine rings is 1. The van der Waals surface area contributed by atoms with Crippen molar-refractivity contribution in [1.82, 2.24) is 4.90 Å². The third kappa shape index (κ3) is 3.03. The van der Waals surface area contributed by atoms with E-state index >= 15 is 0 Å². The first-order chi connectivity index (χ1) is 9.54. The number of rotatable bonds is 2. The molecule has 0 spiro atoms. The average molecular weight is 340 g/mol. The van der Waals surface area contributed by atoms with Gasteiger partial charge in [-0.15, -0.1) is 0 Å². The summed E-state index contributed by atoms with van der Waals surface area (Å²) in [7, 11) is 1.39. The first-order valence-corrected chi connectivity index (χ1v) is 7.46. The van der Waals surface area contributed by atoms with Gasteiger partial charge in [0.05, 0.1) is 13.0 Å². The van der Waals surface area contributed by atoms with Crippen molar-refractivity contribution in [3.05, 3.63) is 33.8 Å². The highest BCUT2D eigenvalue weighted by Gasteiger charge is 2.30. The number of hydrogen-bond acceptors (Lipinski definition) is 3. The van der Waals surface area contributed by atoms with Crippen molar-refractivity contribution in [2.45, 2.75) is 19.8 Å². The molecular weight excluding hydrogens is 322 g/mol. The van der Waals surface area contributed by atoms with Gasteiger partial charge >= 0.3 is 5.97 Å². The van der Waals surface area contributed by atoms with E-state index in [0.717, 1.165) is 22.9 Å². The lowest BCUT2D eigenvalue weighted by Gasteiger charge is -2.31. The predicted molar refractivity (Wildman–Crippen MR) is 79.5 cm³/mol. The van der Waals surface area contributed by atoms with E-state index in [0.29, 0.717) is 18.7 Å². The standard InChI is InChI=1S/C15H18BrNO3/c1-10-12(6-3-7-13(10)16)14(18)17-8-4-5-11(9-17)15(19)20-2/h3,6-7,11H,4-5,8-9H2,1-2H3/t11-/m1/s1. The molecule has 0 bridgehead atoms. The summed E-state index contributed by atoms with van der Waals surface area (Å²) in [4.78, 5) is 26.0. The molecule has 1 aliphatic rings. The Bertz CT molecular complexity index is 530. The van der Waals surface area contributed by atoms with Crippen molar-refractivity contribution in [1.29, 1.82) is 0 Å². The van der Waals surface area contributed by atoms with Gasteiger partial charge in [-0.25, -0.2) is 0 Å². The SMILES string of the molecule is COC(=O)[C@@H]1CCCN(C(=O)c2cccc(Br)c2C)C1. The van der Waals surface area contributed by atoms with Crippen molar-refractivity contribution in [3.8, 4) is 0 Å². The van der Waals surface area contributed by atoms with Crippen LogP contribution in [0.25, 0.3) is 0 Å². The Morgan fingerprint density at radius 3 is 2.85 bits per heavy atom. The minimum Gasteiger partial charge on any atom is -0.469 e. The lowest BCUT2D eigenvalue weighted by molar-refractivity contribution is -0.146. The highest BCUT2D eigenvalue weighted by atomic mass is 79.9. The molecule has 0 N–H and O–H groups in total. The molecule has 108 valence electrons. The van der Waals surface area contributed by atoms with E-state index in [9.17, 15) is 9.59 Å². The maximum atomic E-state index is 12.6. The van der Waals surface area contributed by atoms with Crippen LogP contribution in [-0.4, -0.2) is 37.0 Å². The van der Waals surface area contributed by atoms with E-state index in [1.165, 1.54) is 7.11 Å². The van der Waals surface area contributed by atoms with Crippen LogP contribution in [0.2, 0.25) is 0 Å².